The summed E-state index contributed by atoms with van der Waals surface area (Å²) in [7, 11) is 0. The second-order valence-corrected chi connectivity index (χ2v) is 5.58. The third kappa shape index (κ3) is 3.30. The van der Waals surface area contributed by atoms with Gasteiger partial charge in [-0.2, -0.15) is 0 Å². The highest BCUT2D eigenvalue weighted by atomic mass is 35.5. The predicted molar refractivity (Wildman–Crippen MR) is 92.0 cm³/mol. The largest absolute Gasteiger partial charge is 0.478 e. The van der Waals surface area contributed by atoms with E-state index in [4.69, 9.17) is 11.6 Å². The summed E-state index contributed by atoms with van der Waals surface area (Å²) in [5.41, 5.74) is 1.94. The maximum absolute atomic E-state index is 11.3. The summed E-state index contributed by atoms with van der Waals surface area (Å²) in [6, 6.07) is 6.66. The van der Waals surface area contributed by atoms with Crippen LogP contribution in [0.3, 0.4) is 0 Å². The Morgan fingerprint density at radius 2 is 2.04 bits per heavy atom. The Bertz CT molecular complexity index is 865. The quantitative estimate of drug-likeness (QED) is 0.504. The van der Waals surface area contributed by atoms with Crippen LogP contribution in [0.25, 0.3) is 11.2 Å². The van der Waals surface area contributed by atoms with Gasteiger partial charge in [-0.25, -0.2) is 19.7 Å². The fourth-order valence-corrected chi connectivity index (χ4v) is 2.61. The molecule has 0 amide bonds. The van der Waals surface area contributed by atoms with Gasteiger partial charge >= 0.3 is 5.97 Å². The van der Waals surface area contributed by atoms with Gasteiger partial charge in [-0.3, -0.25) is 0 Å². The van der Waals surface area contributed by atoms with Gasteiger partial charge in [0.05, 0.1) is 17.6 Å². The second-order valence-electron chi connectivity index (χ2n) is 5.20. The molecule has 2 aromatic heterocycles. The van der Waals surface area contributed by atoms with Crippen molar-refractivity contribution in [2.45, 2.75) is 19.4 Å². The van der Waals surface area contributed by atoms with Crippen molar-refractivity contribution in [3.63, 3.8) is 0 Å². The SMILES string of the molecule is O=C(O)c1ccccc1Nc1ncnc2c1ncn2CCCCCl. The summed E-state index contributed by atoms with van der Waals surface area (Å²) in [5, 5.41) is 12.3. The molecule has 0 aliphatic heterocycles. The van der Waals surface area contributed by atoms with E-state index in [0.717, 1.165) is 19.4 Å². The minimum atomic E-state index is -1.00. The van der Waals surface area contributed by atoms with E-state index in [-0.39, 0.29) is 5.56 Å². The number of carboxylic acid groups (broad SMARTS) is 1. The normalized spacial score (nSPS) is 10.9. The Kier molecular flexibility index (Phi) is 4.90. The first-order valence-electron chi connectivity index (χ1n) is 7.52. The number of carboxylic acids is 1. The minimum Gasteiger partial charge on any atom is -0.478 e. The first kappa shape index (κ1) is 16.2. The molecular weight excluding hydrogens is 330 g/mol. The van der Waals surface area contributed by atoms with E-state index >= 15 is 0 Å². The number of rotatable bonds is 7. The number of aryl methyl sites for hydroxylation is 1. The average molecular weight is 346 g/mol. The van der Waals surface area contributed by atoms with E-state index in [1.807, 2.05) is 4.57 Å². The average Bonchev–Trinajstić information content (AvgIpc) is 3.00. The summed E-state index contributed by atoms with van der Waals surface area (Å²) >= 11 is 5.71. The van der Waals surface area contributed by atoms with E-state index < -0.39 is 5.97 Å². The molecule has 0 fully saturated rings. The van der Waals surface area contributed by atoms with Gasteiger partial charge in [0.25, 0.3) is 0 Å². The van der Waals surface area contributed by atoms with Crippen LogP contribution in [0.5, 0.6) is 0 Å². The molecule has 0 aliphatic rings. The molecule has 0 saturated carbocycles. The first-order valence-corrected chi connectivity index (χ1v) is 8.05. The first-order chi connectivity index (χ1) is 11.7. The molecule has 0 unspecified atom stereocenters. The molecule has 2 N–H and O–H groups in total. The topological polar surface area (TPSA) is 92.9 Å². The molecule has 124 valence electrons. The van der Waals surface area contributed by atoms with Crippen molar-refractivity contribution in [1.82, 2.24) is 19.5 Å². The number of unbranched alkanes of at least 4 members (excludes halogenated alkanes) is 1. The molecule has 1 aromatic carbocycles. The maximum atomic E-state index is 11.3. The van der Waals surface area contributed by atoms with Gasteiger partial charge in [-0.15, -0.1) is 11.6 Å². The predicted octanol–water partition coefficient (Wildman–Crippen LogP) is 3.29. The van der Waals surface area contributed by atoms with E-state index in [0.29, 0.717) is 28.5 Å². The lowest BCUT2D eigenvalue weighted by molar-refractivity contribution is 0.0698. The molecule has 2 heterocycles. The van der Waals surface area contributed by atoms with Crippen molar-refractivity contribution in [2.75, 3.05) is 11.2 Å². The number of anilines is 2. The molecule has 24 heavy (non-hydrogen) atoms. The van der Waals surface area contributed by atoms with Crippen LogP contribution in [0.15, 0.2) is 36.9 Å². The number of para-hydroxylation sites is 1. The summed E-state index contributed by atoms with van der Waals surface area (Å²) in [5.74, 6) is 0.0974. The summed E-state index contributed by atoms with van der Waals surface area (Å²) in [6.45, 7) is 0.769. The van der Waals surface area contributed by atoms with Gasteiger partial charge in [0, 0.05) is 12.4 Å². The number of hydrogen-bond donors (Lipinski definition) is 2. The number of halogens is 1. The number of imidazole rings is 1. The van der Waals surface area contributed by atoms with Crippen LogP contribution in [0.4, 0.5) is 11.5 Å². The number of aromatic nitrogens is 4. The fourth-order valence-electron chi connectivity index (χ4n) is 2.42. The summed E-state index contributed by atoms with van der Waals surface area (Å²) in [4.78, 5) is 24.2. The number of nitrogens with one attached hydrogen (secondary N) is 1. The lowest BCUT2D eigenvalue weighted by atomic mass is 10.2. The van der Waals surface area contributed by atoms with Crippen LogP contribution in [0.2, 0.25) is 0 Å². The fraction of sp³-hybridized carbons (Fsp3) is 0.250. The zero-order chi connectivity index (χ0) is 16.9. The number of benzene rings is 1. The molecule has 0 aliphatic carbocycles. The van der Waals surface area contributed by atoms with Gasteiger partial charge in [0.15, 0.2) is 17.0 Å². The van der Waals surface area contributed by atoms with Crippen LogP contribution in [-0.4, -0.2) is 36.5 Å². The molecule has 0 atom stereocenters. The molecule has 0 saturated heterocycles. The summed E-state index contributed by atoms with van der Waals surface area (Å²) in [6.07, 6.45) is 5.00. The van der Waals surface area contributed by atoms with Crippen molar-refractivity contribution in [1.29, 1.82) is 0 Å². The van der Waals surface area contributed by atoms with Crippen LogP contribution in [0.1, 0.15) is 23.2 Å². The van der Waals surface area contributed by atoms with Gasteiger partial charge in [-0.05, 0) is 25.0 Å². The number of fused-ring (bicyclic) bond motifs is 1. The number of aromatic carboxylic acids is 1. The van der Waals surface area contributed by atoms with Crippen LogP contribution in [0, 0.1) is 0 Å². The highest BCUT2D eigenvalue weighted by molar-refractivity contribution is 6.17. The zero-order valence-electron chi connectivity index (χ0n) is 12.8. The highest BCUT2D eigenvalue weighted by Gasteiger charge is 2.14. The standard InChI is InChI=1S/C16H16ClN5O2/c17-7-3-4-8-22-10-20-13-14(18-9-19-15(13)22)21-12-6-2-1-5-11(12)16(23)24/h1-2,5-6,9-10H,3-4,7-8H2,(H,23,24)(H,18,19,21). The van der Waals surface area contributed by atoms with Crippen LogP contribution < -0.4 is 5.32 Å². The number of hydrogen-bond acceptors (Lipinski definition) is 5. The Morgan fingerprint density at radius 3 is 2.83 bits per heavy atom. The van der Waals surface area contributed by atoms with Gasteiger partial charge in [0.2, 0.25) is 0 Å². The lowest BCUT2D eigenvalue weighted by Gasteiger charge is -2.09. The second kappa shape index (κ2) is 7.27. The van der Waals surface area contributed by atoms with Gasteiger partial charge in [0.1, 0.15) is 6.33 Å². The molecule has 0 radical (unpaired) electrons. The van der Waals surface area contributed by atoms with Gasteiger partial charge in [-0.1, -0.05) is 12.1 Å². The van der Waals surface area contributed by atoms with Crippen LogP contribution in [-0.2, 0) is 6.54 Å². The summed E-state index contributed by atoms with van der Waals surface area (Å²) < 4.78 is 1.94. The third-order valence-electron chi connectivity index (χ3n) is 3.59. The lowest BCUT2D eigenvalue weighted by Crippen LogP contribution is -2.04. The van der Waals surface area contributed by atoms with E-state index in [2.05, 4.69) is 20.3 Å². The smallest absolute Gasteiger partial charge is 0.337 e. The Balaban J connectivity index is 1.92. The monoisotopic (exact) mass is 345 g/mol. The number of nitrogens with zero attached hydrogens (tertiary/aromatic N) is 4. The number of alkyl halides is 1. The number of carbonyl (C=O) groups is 1. The van der Waals surface area contributed by atoms with Crippen molar-refractivity contribution in [3.05, 3.63) is 42.5 Å². The Labute approximate surface area is 143 Å². The molecule has 3 rings (SSSR count). The molecule has 0 bridgehead atoms. The molecule has 8 heteroatoms. The highest BCUT2D eigenvalue weighted by Crippen LogP contribution is 2.24. The van der Waals surface area contributed by atoms with Crippen molar-refractivity contribution in [3.8, 4) is 0 Å². The molecule has 7 nitrogen and oxygen atoms in total. The molecule has 3 aromatic rings. The molecular formula is C16H16ClN5O2. The Morgan fingerprint density at radius 1 is 1.21 bits per heavy atom. The van der Waals surface area contributed by atoms with Crippen molar-refractivity contribution < 1.29 is 9.90 Å². The third-order valence-corrected chi connectivity index (χ3v) is 3.86. The zero-order valence-corrected chi connectivity index (χ0v) is 13.6. The van der Waals surface area contributed by atoms with Gasteiger partial charge < -0.3 is 15.0 Å². The maximum Gasteiger partial charge on any atom is 0.337 e. The van der Waals surface area contributed by atoms with E-state index in [9.17, 15) is 9.90 Å². The van der Waals surface area contributed by atoms with Crippen molar-refractivity contribution in [2.24, 2.45) is 0 Å². The molecule has 0 spiro atoms. The van der Waals surface area contributed by atoms with Crippen LogP contribution >= 0.6 is 11.6 Å². The Hall–Kier alpha value is -2.67. The van der Waals surface area contributed by atoms with Crippen molar-refractivity contribution >= 4 is 40.2 Å². The van der Waals surface area contributed by atoms with E-state index in [1.54, 1.807) is 24.5 Å². The van der Waals surface area contributed by atoms with E-state index in [1.165, 1.54) is 12.4 Å². The minimum absolute atomic E-state index is 0.172.